The molecule has 7 nitrogen and oxygen atoms in total. The maximum atomic E-state index is 12.2. The van der Waals surface area contributed by atoms with E-state index in [0.717, 1.165) is 22.1 Å². The molecular weight excluding hydrogens is 326 g/mol. The van der Waals surface area contributed by atoms with E-state index >= 15 is 0 Å². The number of thioether (sulfide) groups is 1. The van der Waals surface area contributed by atoms with Crippen molar-refractivity contribution in [3.8, 4) is 0 Å². The molecule has 1 saturated heterocycles. The van der Waals surface area contributed by atoms with Gasteiger partial charge in [-0.1, -0.05) is 30.0 Å². The Kier molecular flexibility index (Phi) is 4.07. The first-order valence-electron chi connectivity index (χ1n) is 7.80. The maximum absolute atomic E-state index is 12.2. The van der Waals surface area contributed by atoms with Crippen LogP contribution < -0.4 is 0 Å². The van der Waals surface area contributed by atoms with Crippen LogP contribution in [0.25, 0.3) is 22.1 Å². The summed E-state index contributed by atoms with van der Waals surface area (Å²) >= 11 is 1.33. The van der Waals surface area contributed by atoms with Crippen LogP contribution in [-0.4, -0.2) is 62.6 Å². The molecule has 1 fully saturated rings. The van der Waals surface area contributed by atoms with Gasteiger partial charge in [0.1, 0.15) is 5.52 Å². The van der Waals surface area contributed by atoms with Gasteiger partial charge in [-0.25, -0.2) is 4.98 Å². The number of para-hydroxylation sites is 1. The van der Waals surface area contributed by atoms with Crippen LogP contribution in [0.2, 0.25) is 0 Å². The van der Waals surface area contributed by atoms with E-state index in [1.807, 2.05) is 40.8 Å². The molecule has 1 aliphatic rings. The highest BCUT2D eigenvalue weighted by Gasteiger charge is 2.18. The highest BCUT2D eigenvalue weighted by Crippen LogP contribution is 2.25. The Morgan fingerprint density at radius 2 is 2.04 bits per heavy atom. The SMILES string of the molecule is Cn1c2ccccc2c2nnc(SCC(=O)N3CCOCC3)nc21. The summed E-state index contributed by atoms with van der Waals surface area (Å²) < 4.78 is 7.27. The summed E-state index contributed by atoms with van der Waals surface area (Å²) in [6, 6.07) is 8.02. The molecule has 3 heterocycles. The molecule has 24 heavy (non-hydrogen) atoms. The van der Waals surface area contributed by atoms with Gasteiger partial charge in [-0.3, -0.25) is 4.79 Å². The number of aromatic nitrogens is 4. The molecule has 0 bridgehead atoms. The Labute approximate surface area is 143 Å². The predicted molar refractivity (Wildman–Crippen MR) is 91.9 cm³/mol. The fraction of sp³-hybridized carbons (Fsp3) is 0.375. The summed E-state index contributed by atoms with van der Waals surface area (Å²) in [5.74, 6) is 0.404. The van der Waals surface area contributed by atoms with E-state index in [2.05, 4.69) is 15.2 Å². The van der Waals surface area contributed by atoms with Crippen LogP contribution in [0.1, 0.15) is 0 Å². The fourth-order valence-electron chi connectivity index (χ4n) is 2.88. The molecule has 0 unspecified atom stereocenters. The number of carbonyl (C=O) groups is 1. The summed E-state index contributed by atoms with van der Waals surface area (Å²) in [6.45, 7) is 2.52. The first-order chi connectivity index (χ1) is 11.7. The second-order valence-corrected chi connectivity index (χ2v) is 6.57. The van der Waals surface area contributed by atoms with Gasteiger partial charge < -0.3 is 14.2 Å². The van der Waals surface area contributed by atoms with Crippen molar-refractivity contribution in [2.24, 2.45) is 7.05 Å². The van der Waals surface area contributed by atoms with E-state index in [-0.39, 0.29) is 5.91 Å². The van der Waals surface area contributed by atoms with E-state index in [9.17, 15) is 4.79 Å². The van der Waals surface area contributed by atoms with Gasteiger partial charge in [0.15, 0.2) is 5.65 Å². The van der Waals surface area contributed by atoms with Gasteiger partial charge in [0.05, 0.1) is 24.5 Å². The Bertz CT molecular complexity index is 904. The number of rotatable bonds is 3. The third-order valence-electron chi connectivity index (χ3n) is 4.18. The lowest BCUT2D eigenvalue weighted by Crippen LogP contribution is -2.41. The predicted octanol–water partition coefficient (Wildman–Crippen LogP) is 1.47. The number of benzene rings is 1. The van der Waals surface area contributed by atoms with Crippen LogP contribution in [0.5, 0.6) is 0 Å². The quantitative estimate of drug-likeness (QED) is 0.671. The maximum Gasteiger partial charge on any atom is 0.233 e. The molecule has 0 atom stereocenters. The summed E-state index contributed by atoms with van der Waals surface area (Å²) in [5, 5.41) is 10.1. The Balaban J connectivity index is 1.55. The standard InChI is InChI=1S/C16H17N5O2S/c1-20-12-5-3-2-4-11(12)14-15(20)17-16(19-18-14)24-10-13(22)21-6-8-23-9-7-21/h2-5H,6-10H2,1H3. The summed E-state index contributed by atoms with van der Waals surface area (Å²) in [5.41, 5.74) is 2.64. The van der Waals surface area contributed by atoms with Crippen LogP contribution >= 0.6 is 11.8 Å². The average molecular weight is 343 g/mol. The summed E-state index contributed by atoms with van der Waals surface area (Å²) in [4.78, 5) is 18.6. The zero-order valence-electron chi connectivity index (χ0n) is 13.3. The second-order valence-electron chi connectivity index (χ2n) is 5.62. The molecule has 1 aromatic carbocycles. The lowest BCUT2D eigenvalue weighted by atomic mass is 10.2. The molecule has 0 N–H and O–H groups in total. The van der Waals surface area contributed by atoms with Gasteiger partial charge in [0, 0.05) is 25.5 Å². The largest absolute Gasteiger partial charge is 0.378 e. The third-order valence-corrected chi connectivity index (χ3v) is 5.00. The zero-order chi connectivity index (χ0) is 16.5. The highest BCUT2D eigenvalue weighted by atomic mass is 32.2. The van der Waals surface area contributed by atoms with Crippen molar-refractivity contribution in [3.05, 3.63) is 24.3 Å². The van der Waals surface area contributed by atoms with Gasteiger partial charge in [-0.15, -0.1) is 10.2 Å². The van der Waals surface area contributed by atoms with E-state index in [1.165, 1.54) is 11.8 Å². The van der Waals surface area contributed by atoms with Crippen LogP contribution in [-0.2, 0) is 16.6 Å². The molecule has 0 aliphatic carbocycles. The number of fused-ring (bicyclic) bond motifs is 3. The molecule has 3 aromatic rings. The number of hydrogen-bond donors (Lipinski definition) is 0. The van der Waals surface area contributed by atoms with E-state index < -0.39 is 0 Å². The van der Waals surface area contributed by atoms with Gasteiger partial charge >= 0.3 is 0 Å². The number of ether oxygens (including phenoxy) is 1. The molecule has 2 aromatic heterocycles. The van der Waals surface area contributed by atoms with E-state index in [0.29, 0.717) is 37.2 Å². The monoisotopic (exact) mass is 343 g/mol. The topological polar surface area (TPSA) is 73.1 Å². The lowest BCUT2D eigenvalue weighted by Gasteiger charge is -2.26. The number of nitrogens with zero attached hydrogens (tertiary/aromatic N) is 5. The normalized spacial score (nSPS) is 15.3. The molecule has 8 heteroatoms. The number of hydrogen-bond acceptors (Lipinski definition) is 6. The smallest absolute Gasteiger partial charge is 0.233 e. The minimum Gasteiger partial charge on any atom is -0.378 e. The van der Waals surface area contributed by atoms with Crippen molar-refractivity contribution in [1.82, 2.24) is 24.6 Å². The lowest BCUT2D eigenvalue weighted by molar-refractivity contribution is -0.132. The van der Waals surface area contributed by atoms with Crippen molar-refractivity contribution >= 4 is 39.7 Å². The molecule has 124 valence electrons. The molecule has 0 saturated carbocycles. The van der Waals surface area contributed by atoms with Crippen LogP contribution in [0, 0.1) is 0 Å². The molecule has 1 amide bonds. The molecular formula is C16H17N5O2S. The minimum absolute atomic E-state index is 0.0871. The molecule has 0 spiro atoms. The average Bonchev–Trinajstić information content (AvgIpc) is 2.93. The molecule has 0 radical (unpaired) electrons. The molecule has 1 aliphatic heterocycles. The minimum atomic E-state index is 0.0871. The second kappa shape index (κ2) is 6.37. The zero-order valence-corrected chi connectivity index (χ0v) is 14.1. The van der Waals surface area contributed by atoms with Crippen LogP contribution in [0.15, 0.2) is 29.4 Å². The Morgan fingerprint density at radius 1 is 1.25 bits per heavy atom. The van der Waals surface area contributed by atoms with E-state index in [4.69, 9.17) is 4.74 Å². The number of aryl methyl sites for hydroxylation is 1. The Morgan fingerprint density at radius 3 is 2.88 bits per heavy atom. The van der Waals surface area contributed by atoms with Crippen molar-refractivity contribution < 1.29 is 9.53 Å². The van der Waals surface area contributed by atoms with Gasteiger partial charge in [-0.05, 0) is 6.07 Å². The Hall–Kier alpha value is -2.19. The number of amides is 1. The summed E-state index contributed by atoms with van der Waals surface area (Å²) in [7, 11) is 1.96. The number of morpholine rings is 1. The van der Waals surface area contributed by atoms with Gasteiger partial charge in [-0.2, -0.15) is 0 Å². The van der Waals surface area contributed by atoms with Gasteiger partial charge in [0.2, 0.25) is 11.1 Å². The van der Waals surface area contributed by atoms with Crippen molar-refractivity contribution in [1.29, 1.82) is 0 Å². The summed E-state index contributed by atoms with van der Waals surface area (Å²) in [6.07, 6.45) is 0. The first kappa shape index (κ1) is 15.3. The van der Waals surface area contributed by atoms with E-state index in [1.54, 1.807) is 0 Å². The van der Waals surface area contributed by atoms with Crippen LogP contribution in [0.3, 0.4) is 0 Å². The highest BCUT2D eigenvalue weighted by molar-refractivity contribution is 7.99. The van der Waals surface area contributed by atoms with Crippen molar-refractivity contribution in [2.75, 3.05) is 32.1 Å². The fourth-order valence-corrected chi connectivity index (χ4v) is 3.57. The van der Waals surface area contributed by atoms with Gasteiger partial charge in [0.25, 0.3) is 0 Å². The van der Waals surface area contributed by atoms with Crippen molar-refractivity contribution in [2.45, 2.75) is 5.16 Å². The first-order valence-corrected chi connectivity index (χ1v) is 8.79. The van der Waals surface area contributed by atoms with Crippen LogP contribution in [0.4, 0.5) is 0 Å². The molecule has 4 rings (SSSR count). The third kappa shape index (κ3) is 2.71. The van der Waals surface area contributed by atoms with Crippen molar-refractivity contribution in [3.63, 3.8) is 0 Å². The number of carbonyl (C=O) groups excluding carboxylic acids is 1.